The van der Waals surface area contributed by atoms with Gasteiger partial charge in [0.15, 0.2) is 0 Å². The molecule has 0 aliphatic rings. The van der Waals surface area contributed by atoms with Crippen molar-refractivity contribution >= 4 is 23.7 Å². The van der Waals surface area contributed by atoms with E-state index in [1.54, 1.807) is 18.2 Å². The van der Waals surface area contributed by atoms with Gasteiger partial charge in [0.2, 0.25) is 0 Å². The van der Waals surface area contributed by atoms with Gasteiger partial charge >= 0.3 is 0 Å². The van der Waals surface area contributed by atoms with Crippen LogP contribution in [-0.2, 0) is 6.61 Å². The molecular weight excluding hydrogens is 364 g/mol. The molecule has 0 aromatic heterocycles. The zero-order chi connectivity index (χ0) is 19.1. The highest BCUT2D eigenvalue weighted by Crippen LogP contribution is 2.19. The van der Waals surface area contributed by atoms with E-state index in [1.165, 1.54) is 18.3 Å². The molecule has 0 atom stereocenters. The Labute approximate surface area is 161 Å². The van der Waals surface area contributed by atoms with Gasteiger partial charge in [-0.15, -0.1) is 0 Å². The van der Waals surface area contributed by atoms with Crippen LogP contribution in [-0.4, -0.2) is 17.2 Å². The van der Waals surface area contributed by atoms with E-state index < -0.39 is 5.91 Å². The van der Waals surface area contributed by atoms with Crippen LogP contribution >= 0.6 is 11.6 Å². The molecule has 0 unspecified atom stereocenters. The third-order valence-corrected chi connectivity index (χ3v) is 3.96. The van der Waals surface area contributed by atoms with Crippen LogP contribution in [0.4, 0.5) is 0 Å². The molecule has 5 nitrogen and oxygen atoms in total. The average Bonchev–Trinajstić information content (AvgIpc) is 2.67. The normalized spacial score (nSPS) is 10.7. The third-order valence-electron chi connectivity index (χ3n) is 3.72. The number of carbonyl (C=O) groups is 1. The van der Waals surface area contributed by atoms with E-state index in [0.29, 0.717) is 22.9 Å². The lowest BCUT2D eigenvalue weighted by Gasteiger charge is -2.09. The molecule has 0 heterocycles. The Morgan fingerprint density at radius 1 is 1.07 bits per heavy atom. The quantitative estimate of drug-likeness (QED) is 0.492. The summed E-state index contributed by atoms with van der Waals surface area (Å²) in [5, 5.41) is 14.3. The fourth-order valence-corrected chi connectivity index (χ4v) is 2.61. The van der Waals surface area contributed by atoms with Crippen LogP contribution in [0.1, 0.15) is 21.5 Å². The van der Waals surface area contributed by atoms with Gasteiger partial charge < -0.3 is 9.84 Å². The van der Waals surface area contributed by atoms with Gasteiger partial charge in [-0.2, -0.15) is 5.10 Å². The predicted molar refractivity (Wildman–Crippen MR) is 105 cm³/mol. The molecule has 0 aliphatic heterocycles. The fourth-order valence-electron chi connectivity index (χ4n) is 2.39. The predicted octanol–water partition coefficient (Wildman–Crippen LogP) is 4.39. The number of hydrogen-bond acceptors (Lipinski definition) is 4. The molecule has 0 fully saturated rings. The molecule has 3 aromatic rings. The fraction of sp³-hybridized carbons (Fsp3) is 0.0476. The Morgan fingerprint density at radius 3 is 2.67 bits per heavy atom. The summed E-state index contributed by atoms with van der Waals surface area (Å²) in [7, 11) is 0. The molecule has 6 heteroatoms. The minimum atomic E-state index is -0.498. The van der Waals surface area contributed by atoms with E-state index in [4.69, 9.17) is 16.3 Å². The Bertz CT molecular complexity index is 973. The molecule has 0 saturated carbocycles. The van der Waals surface area contributed by atoms with Crippen LogP contribution in [0.3, 0.4) is 0 Å². The average molecular weight is 381 g/mol. The van der Waals surface area contributed by atoms with Gasteiger partial charge in [0.25, 0.3) is 5.91 Å². The third kappa shape index (κ3) is 5.09. The standard InChI is InChI=1S/C21H17ClN2O3/c22-17-8-5-6-15(12-17)14-27-20-11-4-1-7-16(20)13-23-24-21(26)18-9-2-3-10-19(18)25/h1-13,25H,14H2,(H,24,26)/b23-13+. The highest BCUT2D eigenvalue weighted by molar-refractivity contribution is 6.30. The zero-order valence-electron chi connectivity index (χ0n) is 14.3. The topological polar surface area (TPSA) is 70.9 Å². The van der Waals surface area contributed by atoms with Crippen molar-refractivity contribution in [1.82, 2.24) is 5.43 Å². The van der Waals surface area contributed by atoms with Crippen LogP contribution < -0.4 is 10.2 Å². The Kier molecular flexibility index (Phi) is 6.07. The van der Waals surface area contributed by atoms with E-state index in [9.17, 15) is 9.90 Å². The van der Waals surface area contributed by atoms with Crippen molar-refractivity contribution in [3.63, 3.8) is 0 Å². The summed E-state index contributed by atoms with van der Waals surface area (Å²) in [4.78, 5) is 12.1. The van der Waals surface area contributed by atoms with Crippen molar-refractivity contribution in [1.29, 1.82) is 0 Å². The van der Waals surface area contributed by atoms with Gasteiger partial charge in [-0.1, -0.05) is 48.0 Å². The maximum Gasteiger partial charge on any atom is 0.275 e. The second-order valence-electron chi connectivity index (χ2n) is 5.67. The van der Waals surface area contributed by atoms with Crippen LogP contribution in [0.25, 0.3) is 0 Å². The number of amides is 1. The number of para-hydroxylation sites is 2. The van der Waals surface area contributed by atoms with Gasteiger partial charge in [0.05, 0.1) is 11.8 Å². The van der Waals surface area contributed by atoms with Crippen LogP contribution in [0.2, 0.25) is 5.02 Å². The number of ether oxygens (including phenoxy) is 1. The first kappa shape index (κ1) is 18.5. The molecule has 0 radical (unpaired) electrons. The van der Waals surface area contributed by atoms with Gasteiger partial charge in [-0.3, -0.25) is 4.79 Å². The summed E-state index contributed by atoms with van der Waals surface area (Å²) in [6, 6.07) is 21.0. The number of aromatic hydroxyl groups is 1. The van der Waals surface area contributed by atoms with Crippen molar-refractivity contribution < 1.29 is 14.6 Å². The molecule has 27 heavy (non-hydrogen) atoms. The highest BCUT2D eigenvalue weighted by Gasteiger charge is 2.09. The minimum Gasteiger partial charge on any atom is -0.507 e. The van der Waals surface area contributed by atoms with Crippen molar-refractivity contribution in [3.05, 3.63) is 94.5 Å². The second-order valence-corrected chi connectivity index (χ2v) is 6.11. The maximum absolute atomic E-state index is 12.1. The number of carbonyl (C=O) groups excluding carboxylic acids is 1. The number of phenolic OH excluding ortho intramolecular Hbond substituents is 1. The lowest BCUT2D eigenvalue weighted by atomic mass is 10.2. The highest BCUT2D eigenvalue weighted by atomic mass is 35.5. The summed E-state index contributed by atoms with van der Waals surface area (Å²) in [6.07, 6.45) is 1.49. The number of hydrogen-bond donors (Lipinski definition) is 2. The summed E-state index contributed by atoms with van der Waals surface area (Å²) >= 11 is 5.98. The molecule has 3 aromatic carbocycles. The Morgan fingerprint density at radius 2 is 1.85 bits per heavy atom. The van der Waals surface area contributed by atoms with E-state index in [0.717, 1.165) is 5.56 Å². The number of halogens is 1. The number of benzene rings is 3. The summed E-state index contributed by atoms with van der Waals surface area (Å²) < 4.78 is 5.84. The number of hydrazone groups is 1. The zero-order valence-corrected chi connectivity index (χ0v) is 15.1. The van der Waals surface area contributed by atoms with Gasteiger partial charge in [0, 0.05) is 10.6 Å². The molecule has 2 N–H and O–H groups in total. The van der Waals surface area contributed by atoms with Gasteiger partial charge in [-0.25, -0.2) is 5.43 Å². The molecule has 0 spiro atoms. The first-order valence-corrected chi connectivity index (χ1v) is 8.59. The lowest BCUT2D eigenvalue weighted by Crippen LogP contribution is -2.17. The monoisotopic (exact) mass is 380 g/mol. The molecule has 1 amide bonds. The number of nitrogens with one attached hydrogen (secondary N) is 1. The van der Waals surface area contributed by atoms with Crippen molar-refractivity contribution in [2.24, 2.45) is 5.10 Å². The van der Waals surface area contributed by atoms with Crippen molar-refractivity contribution in [2.45, 2.75) is 6.61 Å². The van der Waals surface area contributed by atoms with Crippen LogP contribution in [0.15, 0.2) is 77.9 Å². The van der Waals surface area contributed by atoms with Crippen LogP contribution in [0, 0.1) is 0 Å². The van der Waals surface area contributed by atoms with Gasteiger partial charge in [-0.05, 0) is 42.0 Å². The van der Waals surface area contributed by atoms with E-state index >= 15 is 0 Å². The smallest absolute Gasteiger partial charge is 0.275 e. The maximum atomic E-state index is 12.1. The summed E-state index contributed by atoms with van der Waals surface area (Å²) in [5.41, 5.74) is 4.20. The summed E-state index contributed by atoms with van der Waals surface area (Å²) in [6.45, 7) is 0.357. The van der Waals surface area contributed by atoms with Crippen molar-refractivity contribution in [2.75, 3.05) is 0 Å². The Hall–Kier alpha value is -3.31. The van der Waals surface area contributed by atoms with E-state index in [2.05, 4.69) is 10.5 Å². The minimum absolute atomic E-state index is 0.101. The largest absolute Gasteiger partial charge is 0.507 e. The molecule has 136 valence electrons. The van der Waals surface area contributed by atoms with Crippen LogP contribution in [0.5, 0.6) is 11.5 Å². The molecule has 0 aliphatic carbocycles. The van der Waals surface area contributed by atoms with E-state index in [-0.39, 0.29) is 11.3 Å². The SMILES string of the molecule is O=C(N/N=C/c1ccccc1OCc1cccc(Cl)c1)c1ccccc1O. The molecule has 3 rings (SSSR count). The van der Waals surface area contributed by atoms with E-state index in [1.807, 2.05) is 42.5 Å². The Balaban J connectivity index is 1.66. The molecular formula is C21H17ClN2O3. The first-order valence-electron chi connectivity index (χ1n) is 8.21. The second kappa shape index (κ2) is 8.87. The van der Waals surface area contributed by atoms with Gasteiger partial charge in [0.1, 0.15) is 18.1 Å². The molecule has 0 bridgehead atoms. The van der Waals surface area contributed by atoms with Crippen molar-refractivity contribution in [3.8, 4) is 11.5 Å². The summed E-state index contributed by atoms with van der Waals surface area (Å²) in [5.74, 6) is 0.0233. The lowest BCUT2D eigenvalue weighted by molar-refractivity contribution is 0.0952. The number of phenols is 1. The molecule has 0 saturated heterocycles. The number of rotatable bonds is 6. The first-order chi connectivity index (χ1) is 13.1. The number of nitrogens with zero attached hydrogens (tertiary/aromatic N) is 1.